The third-order valence-corrected chi connectivity index (χ3v) is 3.76. The van der Waals surface area contributed by atoms with Crippen molar-refractivity contribution in [3.05, 3.63) is 0 Å². The number of rotatable bonds is 4. The maximum Gasteiger partial charge on any atom is 0.0107 e. The van der Waals surface area contributed by atoms with Crippen LogP contribution in [0.15, 0.2) is 0 Å². The molecular weight excluding hydrogens is 172 g/mol. The normalized spacial score (nSPS) is 34.1. The Morgan fingerprint density at radius 1 is 1.14 bits per heavy atom. The van der Waals surface area contributed by atoms with Gasteiger partial charge in [-0.05, 0) is 24.7 Å². The van der Waals surface area contributed by atoms with Gasteiger partial charge in [0.15, 0.2) is 0 Å². The number of hydrogen-bond donors (Lipinski definition) is 1. The first-order valence-electron chi connectivity index (χ1n) is 6.31. The van der Waals surface area contributed by atoms with Crippen LogP contribution in [-0.2, 0) is 0 Å². The second-order valence-corrected chi connectivity index (χ2v) is 5.04. The minimum Gasteiger partial charge on any atom is -0.314 e. The molecule has 0 aromatic rings. The van der Waals surface area contributed by atoms with Gasteiger partial charge in [-0.1, -0.05) is 19.8 Å². The van der Waals surface area contributed by atoms with E-state index in [2.05, 4.69) is 17.1 Å². The molecule has 1 aliphatic carbocycles. The van der Waals surface area contributed by atoms with E-state index >= 15 is 0 Å². The minimum atomic E-state index is 1.03. The molecule has 0 atom stereocenters. The van der Waals surface area contributed by atoms with Crippen LogP contribution in [0.2, 0.25) is 0 Å². The molecule has 1 N–H and O–H groups in total. The molecule has 14 heavy (non-hydrogen) atoms. The van der Waals surface area contributed by atoms with Crippen LogP contribution in [0.5, 0.6) is 0 Å². The summed E-state index contributed by atoms with van der Waals surface area (Å²) in [6.45, 7) is 8.63. The molecule has 2 aliphatic rings. The fourth-order valence-corrected chi connectivity index (χ4v) is 2.93. The van der Waals surface area contributed by atoms with Gasteiger partial charge in [-0.3, -0.25) is 0 Å². The van der Waals surface area contributed by atoms with E-state index < -0.39 is 0 Å². The van der Waals surface area contributed by atoms with Crippen molar-refractivity contribution < 1.29 is 0 Å². The fourth-order valence-electron chi connectivity index (χ4n) is 2.93. The summed E-state index contributed by atoms with van der Waals surface area (Å²) in [7, 11) is 0. The molecule has 2 heteroatoms. The van der Waals surface area contributed by atoms with Crippen LogP contribution in [0, 0.1) is 11.8 Å². The lowest BCUT2D eigenvalue weighted by Crippen LogP contribution is -2.46. The lowest BCUT2D eigenvalue weighted by Gasteiger charge is -2.39. The Hall–Kier alpha value is -0.0800. The maximum atomic E-state index is 3.41. The molecule has 0 radical (unpaired) electrons. The van der Waals surface area contributed by atoms with Crippen molar-refractivity contribution in [2.24, 2.45) is 11.8 Å². The van der Waals surface area contributed by atoms with E-state index in [9.17, 15) is 0 Å². The van der Waals surface area contributed by atoms with Crippen molar-refractivity contribution in [1.29, 1.82) is 0 Å². The lowest BCUT2D eigenvalue weighted by atomic mass is 9.72. The summed E-state index contributed by atoms with van der Waals surface area (Å²) in [4.78, 5) is 2.64. The molecule has 1 saturated heterocycles. The molecular formula is C12H24N2. The first kappa shape index (κ1) is 10.4. The van der Waals surface area contributed by atoms with Gasteiger partial charge in [-0.15, -0.1) is 0 Å². The maximum absolute atomic E-state index is 3.41. The van der Waals surface area contributed by atoms with Gasteiger partial charge < -0.3 is 10.2 Å². The van der Waals surface area contributed by atoms with E-state index in [4.69, 9.17) is 0 Å². The molecule has 2 fully saturated rings. The number of piperazine rings is 1. The predicted octanol–water partition coefficient (Wildman–Crippen LogP) is 1.72. The van der Waals surface area contributed by atoms with Crippen LogP contribution in [-0.4, -0.2) is 37.6 Å². The van der Waals surface area contributed by atoms with Gasteiger partial charge in [-0.2, -0.15) is 0 Å². The second-order valence-electron chi connectivity index (χ2n) is 5.04. The van der Waals surface area contributed by atoms with Crippen molar-refractivity contribution in [3.8, 4) is 0 Å². The van der Waals surface area contributed by atoms with E-state index in [0.717, 1.165) is 11.8 Å². The van der Waals surface area contributed by atoms with Crippen molar-refractivity contribution in [1.82, 2.24) is 10.2 Å². The molecule has 0 amide bonds. The first-order chi connectivity index (χ1) is 6.88. The highest BCUT2D eigenvalue weighted by Gasteiger charge is 2.29. The van der Waals surface area contributed by atoms with Crippen molar-refractivity contribution in [2.45, 2.75) is 32.6 Å². The molecule has 0 aromatic heterocycles. The van der Waals surface area contributed by atoms with Crippen LogP contribution in [0.25, 0.3) is 0 Å². The Balaban J connectivity index is 1.58. The molecule has 0 bridgehead atoms. The smallest absolute Gasteiger partial charge is 0.0107 e. The first-order valence-corrected chi connectivity index (χ1v) is 6.31. The zero-order chi connectivity index (χ0) is 9.80. The molecule has 0 unspecified atom stereocenters. The second kappa shape index (κ2) is 5.13. The third-order valence-electron chi connectivity index (χ3n) is 3.76. The molecule has 2 nitrogen and oxygen atoms in total. The zero-order valence-corrected chi connectivity index (χ0v) is 9.47. The van der Waals surface area contributed by atoms with Crippen LogP contribution < -0.4 is 5.32 Å². The molecule has 1 aliphatic heterocycles. The minimum absolute atomic E-state index is 1.03. The summed E-state index contributed by atoms with van der Waals surface area (Å²) in [6, 6.07) is 0. The lowest BCUT2D eigenvalue weighted by molar-refractivity contribution is 0.110. The largest absolute Gasteiger partial charge is 0.314 e. The highest BCUT2D eigenvalue weighted by molar-refractivity contribution is 4.82. The Kier molecular flexibility index (Phi) is 3.82. The Morgan fingerprint density at radius 2 is 1.86 bits per heavy atom. The van der Waals surface area contributed by atoms with E-state index in [0.29, 0.717) is 0 Å². The van der Waals surface area contributed by atoms with Crippen LogP contribution in [0.3, 0.4) is 0 Å². The SMILES string of the molecule is CCCC1CC(CN2CCNCC2)C1. The summed E-state index contributed by atoms with van der Waals surface area (Å²) in [5.74, 6) is 2.11. The number of hydrogen-bond acceptors (Lipinski definition) is 2. The average Bonchev–Trinajstić information content (AvgIpc) is 2.16. The molecule has 1 heterocycles. The number of nitrogens with zero attached hydrogens (tertiary/aromatic N) is 1. The highest BCUT2D eigenvalue weighted by Crippen LogP contribution is 2.37. The quantitative estimate of drug-likeness (QED) is 0.736. The average molecular weight is 196 g/mol. The van der Waals surface area contributed by atoms with Crippen molar-refractivity contribution in [2.75, 3.05) is 32.7 Å². The van der Waals surface area contributed by atoms with E-state index in [1.165, 1.54) is 58.4 Å². The predicted molar refractivity (Wildman–Crippen MR) is 60.4 cm³/mol. The molecule has 82 valence electrons. The number of nitrogens with one attached hydrogen (secondary N) is 1. The summed E-state index contributed by atoms with van der Waals surface area (Å²) in [5, 5.41) is 3.41. The van der Waals surface area contributed by atoms with Gasteiger partial charge in [0.05, 0.1) is 0 Å². The Morgan fingerprint density at radius 3 is 2.50 bits per heavy atom. The fraction of sp³-hybridized carbons (Fsp3) is 1.00. The molecule has 0 spiro atoms. The summed E-state index contributed by atoms with van der Waals surface area (Å²) in [5.41, 5.74) is 0. The Labute approximate surface area is 88.1 Å². The van der Waals surface area contributed by atoms with E-state index in [1.54, 1.807) is 0 Å². The highest BCUT2D eigenvalue weighted by atomic mass is 15.2. The summed E-state index contributed by atoms with van der Waals surface area (Å²) >= 11 is 0. The van der Waals surface area contributed by atoms with Crippen LogP contribution in [0.4, 0.5) is 0 Å². The molecule has 0 aromatic carbocycles. The van der Waals surface area contributed by atoms with Crippen molar-refractivity contribution >= 4 is 0 Å². The van der Waals surface area contributed by atoms with Crippen LogP contribution >= 0.6 is 0 Å². The third kappa shape index (κ3) is 2.71. The van der Waals surface area contributed by atoms with E-state index in [-0.39, 0.29) is 0 Å². The molecule has 1 saturated carbocycles. The van der Waals surface area contributed by atoms with Gasteiger partial charge in [0, 0.05) is 32.7 Å². The standard InChI is InChI=1S/C12H24N2/c1-2-3-11-8-12(9-11)10-14-6-4-13-5-7-14/h11-13H,2-10H2,1H3. The topological polar surface area (TPSA) is 15.3 Å². The van der Waals surface area contributed by atoms with Gasteiger partial charge in [0.25, 0.3) is 0 Å². The summed E-state index contributed by atoms with van der Waals surface area (Å²) < 4.78 is 0. The van der Waals surface area contributed by atoms with E-state index in [1.807, 2.05) is 0 Å². The van der Waals surface area contributed by atoms with Gasteiger partial charge in [0.2, 0.25) is 0 Å². The summed E-state index contributed by atoms with van der Waals surface area (Å²) in [6.07, 6.45) is 5.87. The van der Waals surface area contributed by atoms with Gasteiger partial charge in [0.1, 0.15) is 0 Å². The molecule has 2 rings (SSSR count). The van der Waals surface area contributed by atoms with Crippen LogP contribution in [0.1, 0.15) is 32.6 Å². The Bertz CT molecular complexity index is 158. The van der Waals surface area contributed by atoms with Gasteiger partial charge >= 0.3 is 0 Å². The monoisotopic (exact) mass is 196 g/mol. The van der Waals surface area contributed by atoms with Crippen molar-refractivity contribution in [3.63, 3.8) is 0 Å². The van der Waals surface area contributed by atoms with Gasteiger partial charge in [-0.25, -0.2) is 0 Å². The zero-order valence-electron chi connectivity index (χ0n) is 9.47.